The van der Waals surface area contributed by atoms with Crippen LogP contribution in [0, 0.1) is 5.41 Å². The molecule has 0 rings (SSSR count). The summed E-state index contributed by atoms with van der Waals surface area (Å²) in [6, 6.07) is 0. The van der Waals surface area contributed by atoms with Gasteiger partial charge in [-0.05, 0) is 0 Å². The first-order chi connectivity index (χ1) is 27.0. The summed E-state index contributed by atoms with van der Waals surface area (Å²) in [4.78, 5) is 33.5. The molecule has 0 aliphatic heterocycles. The molecule has 0 heterocycles. The Morgan fingerprint density at radius 2 is 0.516 bits per heavy atom. The lowest BCUT2D eigenvalue weighted by Crippen LogP contribution is -2.78. The van der Waals surface area contributed by atoms with Crippen LogP contribution in [0.4, 0.5) is 119 Å². The van der Waals surface area contributed by atoms with Crippen molar-refractivity contribution in [3.05, 3.63) is 38.0 Å². The van der Waals surface area contributed by atoms with Crippen LogP contribution in [0.5, 0.6) is 0 Å². The molecule has 9 nitrogen and oxygen atoms in total. The topological polar surface area (TPSA) is 107 Å². The summed E-state index contributed by atoms with van der Waals surface area (Å²) in [7, 11) is 0. The van der Waals surface area contributed by atoms with Gasteiger partial charge in [0.25, 0.3) is 0 Å². The van der Waals surface area contributed by atoms with Gasteiger partial charge in [-0.3, -0.25) is 14.2 Å². The van der Waals surface area contributed by atoms with Gasteiger partial charge in [-0.1, -0.05) is 19.7 Å². The number of halogens is 27. The zero-order valence-corrected chi connectivity index (χ0v) is 28.4. The van der Waals surface area contributed by atoms with E-state index >= 15 is 39.5 Å². The third-order valence-corrected chi connectivity index (χ3v) is 6.78. The van der Waals surface area contributed by atoms with Gasteiger partial charge in [0.15, 0.2) is 19.8 Å². The molecule has 0 fully saturated rings. The Balaban J connectivity index is 9.33. The molecule has 0 N–H and O–H groups in total. The van der Waals surface area contributed by atoms with E-state index in [0.717, 1.165) is 0 Å². The summed E-state index contributed by atoms with van der Waals surface area (Å²) >= 11 is 0. The van der Waals surface area contributed by atoms with Crippen molar-refractivity contribution in [1.82, 2.24) is 0 Å². The van der Waals surface area contributed by atoms with Crippen molar-refractivity contribution in [2.45, 2.75) is 78.4 Å². The average molecular weight is 984 g/mol. The van der Waals surface area contributed by atoms with Gasteiger partial charge in [-0.25, -0.2) is 27.6 Å². The molecule has 3 unspecified atom stereocenters. The highest BCUT2D eigenvalue weighted by atomic mass is 19.4. The van der Waals surface area contributed by atoms with Gasteiger partial charge in [0.2, 0.25) is 0 Å². The van der Waals surface area contributed by atoms with Gasteiger partial charge in [0, 0.05) is 18.2 Å². The Hall–Kier alpha value is -4.38. The number of carbonyl (C=O) groups excluding carboxylic acids is 3. The standard InChI is InChI=1S/C26H15F27O9/c1-4-10(54)57-7-13(27,17(30,31)21(39,40)41)60-24(48,49)16(20(36,37)38,25(50,51)61-14(28,8-58-11(55)5-2)18(32,33)22(42,43)44)26(52,53)62-15(29,9-59-12(56)6-3)19(34,35)23(45,46)47/h4-6H,1-3,7-9H2. The Kier molecular flexibility index (Phi) is 16.1. The predicted octanol–water partition coefficient (Wildman–Crippen LogP) is 9.14. The monoisotopic (exact) mass is 984 g/mol. The fourth-order valence-electron chi connectivity index (χ4n) is 3.70. The maximum Gasteiger partial charge on any atom is 0.459 e. The molecule has 0 aliphatic rings. The van der Waals surface area contributed by atoms with E-state index in [4.69, 9.17) is 0 Å². The van der Waals surface area contributed by atoms with Crippen molar-refractivity contribution < 1.29 is 161 Å². The minimum absolute atomic E-state index is 0.546. The van der Waals surface area contributed by atoms with E-state index in [1.807, 2.05) is 0 Å². The summed E-state index contributed by atoms with van der Waals surface area (Å²) < 4.78 is 403. The number of hydrogen-bond donors (Lipinski definition) is 0. The van der Waals surface area contributed by atoms with Crippen molar-refractivity contribution in [1.29, 1.82) is 0 Å². The van der Waals surface area contributed by atoms with Crippen LogP contribution in [0.3, 0.4) is 0 Å². The molecule has 62 heavy (non-hydrogen) atoms. The summed E-state index contributed by atoms with van der Waals surface area (Å²) in [6.07, 6.45) is -64.4. The maximum atomic E-state index is 15.8. The van der Waals surface area contributed by atoms with Crippen LogP contribution < -0.4 is 0 Å². The van der Waals surface area contributed by atoms with Crippen LogP contribution in [0.1, 0.15) is 0 Å². The van der Waals surface area contributed by atoms with Crippen LogP contribution in [-0.4, -0.2) is 116 Å². The molecular formula is C26H15F27O9. The fraction of sp³-hybridized carbons (Fsp3) is 0.654. The van der Waals surface area contributed by atoms with Gasteiger partial charge >= 0.3 is 102 Å². The van der Waals surface area contributed by atoms with Crippen molar-refractivity contribution in [3.8, 4) is 0 Å². The van der Waals surface area contributed by atoms with Crippen molar-refractivity contribution in [2.75, 3.05) is 19.8 Å². The van der Waals surface area contributed by atoms with Gasteiger partial charge in [0.05, 0.1) is 0 Å². The molecule has 0 aliphatic carbocycles. The van der Waals surface area contributed by atoms with Crippen LogP contribution >= 0.6 is 0 Å². The van der Waals surface area contributed by atoms with Gasteiger partial charge in [0.1, 0.15) is 0 Å². The van der Waals surface area contributed by atoms with E-state index in [-0.39, 0.29) is 0 Å². The van der Waals surface area contributed by atoms with Crippen LogP contribution in [-0.2, 0) is 42.8 Å². The van der Waals surface area contributed by atoms with E-state index in [1.165, 1.54) is 0 Å². The first-order valence-corrected chi connectivity index (χ1v) is 14.1. The minimum Gasteiger partial charge on any atom is -0.456 e. The van der Waals surface area contributed by atoms with Gasteiger partial charge in [-0.15, -0.1) is 0 Å². The van der Waals surface area contributed by atoms with Gasteiger partial charge < -0.3 is 14.2 Å². The Morgan fingerprint density at radius 3 is 0.645 bits per heavy atom. The molecule has 0 bridgehead atoms. The highest BCUT2D eigenvalue weighted by Crippen LogP contribution is 2.70. The molecule has 3 atom stereocenters. The number of esters is 3. The molecule has 0 amide bonds. The van der Waals surface area contributed by atoms with Crippen molar-refractivity contribution in [3.63, 3.8) is 0 Å². The molecule has 0 aromatic heterocycles. The van der Waals surface area contributed by atoms with Gasteiger partial charge in [-0.2, -0.15) is 105 Å². The highest BCUT2D eigenvalue weighted by molar-refractivity contribution is 5.81. The van der Waals surface area contributed by atoms with E-state index < -0.39 is 140 Å². The van der Waals surface area contributed by atoms with Crippen LogP contribution in [0.2, 0.25) is 0 Å². The van der Waals surface area contributed by atoms with Crippen molar-refractivity contribution >= 4 is 17.9 Å². The number of hydrogen-bond acceptors (Lipinski definition) is 9. The fourth-order valence-corrected chi connectivity index (χ4v) is 3.70. The molecule has 0 radical (unpaired) electrons. The molecule has 362 valence electrons. The first-order valence-electron chi connectivity index (χ1n) is 14.1. The van der Waals surface area contributed by atoms with Crippen LogP contribution in [0.25, 0.3) is 0 Å². The molecule has 0 aromatic rings. The number of carbonyl (C=O) groups is 3. The molecule has 36 heteroatoms. The SMILES string of the molecule is C=CC(=O)OCC(F)(OC(F)(F)C(C(F)(F)F)(C(F)(F)OC(F)(COC(=O)C=C)C(F)(F)C(F)(F)F)C(F)(F)OC(F)(COC(=O)C=C)C(F)(F)C(F)(F)F)C(F)(F)C(F)(F)F. The lowest BCUT2D eigenvalue weighted by atomic mass is 9.81. The minimum atomic E-state index is -10.0. The quantitative estimate of drug-likeness (QED) is 0.0482. The second kappa shape index (κ2) is 17.3. The predicted molar refractivity (Wildman–Crippen MR) is 135 cm³/mol. The molecule has 0 saturated carbocycles. The normalized spacial score (nSPS) is 18.2. The summed E-state index contributed by atoms with van der Waals surface area (Å²) in [5.41, 5.74) is -10.0. The smallest absolute Gasteiger partial charge is 0.456 e. The number of ether oxygens (including phenoxy) is 6. The Bertz CT molecular complexity index is 1490. The zero-order valence-electron chi connectivity index (χ0n) is 28.4. The second-order valence-corrected chi connectivity index (χ2v) is 10.9. The van der Waals surface area contributed by atoms with E-state index in [0.29, 0.717) is 0 Å². The summed E-state index contributed by atoms with van der Waals surface area (Å²) in [5, 5.41) is 0. The Morgan fingerprint density at radius 1 is 0.339 bits per heavy atom. The lowest BCUT2D eigenvalue weighted by molar-refractivity contribution is -0.596. The highest BCUT2D eigenvalue weighted by Gasteiger charge is 2.98. The summed E-state index contributed by atoms with van der Waals surface area (Å²) in [6.45, 7) is -5.85. The third kappa shape index (κ3) is 10.2. The lowest BCUT2D eigenvalue weighted by Gasteiger charge is -2.51. The average Bonchev–Trinajstić information content (AvgIpc) is 3.04. The van der Waals surface area contributed by atoms with E-state index in [1.54, 1.807) is 14.2 Å². The molecule has 0 spiro atoms. The van der Waals surface area contributed by atoms with Crippen LogP contribution in [0.15, 0.2) is 38.0 Å². The molecular weight excluding hydrogens is 969 g/mol. The summed E-state index contributed by atoms with van der Waals surface area (Å²) in [5.74, 6) is -56.7. The second-order valence-electron chi connectivity index (χ2n) is 10.9. The first kappa shape index (κ1) is 57.6. The maximum absolute atomic E-state index is 15.8. The third-order valence-electron chi connectivity index (χ3n) is 6.78. The van der Waals surface area contributed by atoms with Crippen molar-refractivity contribution in [2.24, 2.45) is 5.41 Å². The molecule has 0 saturated heterocycles. The zero-order chi connectivity index (χ0) is 50.2. The Labute approximate surface area is 321 Å². The van der Waals surface area contributed by atoms with E-state index in [2.05, 4.69) is 33.9 Å². The number of alkyl halides is 27. The number of rotatable bonds is 21. The largest absolute Gasteiger partial charge is 0.459 e. The van der Waals surface area contributed by atoms with E-state index in [9.17, 15) is 93.4 Å². The molecule has 0 aromatic carbocycles.